The largest absolute Gasteiger partial charge is 0.341 e. The Morgan fingerprint density at radius 2 is 1.62 bits per heavy atom. The van der Waals surface area contributed by atoms with Crippen LogP contribution in [0.3, 0.4) is 0 Å². The van der Waals surface area contributed by atoms with Crippen molar-refractivity contribution in [1.29, 1.82) is 0 Å². The Labute approximate surface area is 190 Å². The van der Waals surface area contributed by atoms with Crippen molar-refractivity contribution >= 4 is 33.6 Å². The first-order valence-corrected chi connectivity index (χ1v) is 11.6. The van der Waals surface area contributed by atoms with E-state index in [4.69, 9.17) is 4.98 Å². The van der Waals surface area contributed by atoms with E-state index >= 15 is 0 Å². The number of benzene rings is 2. The van der Waals surface area contributed by atoms with Gasteiger partial charge in [-0.1, -0.05) is 70.2 Å². The summed E-state index contributed by atoms with van der Waals surface area (Å²) in [4.78, 5) is 7.46. The van der Waals surface area contributed by atoms with E-state index in [9.17, 15) is 0 Å². The van der Waals surface area contributed by atoms with Gasteiger partial charge >= 0.3 is 0 Å². The summed E-state index contributed by atoms with van der Waals surface area (Å²) in [5, 5.41) is 2.41. The van der Waals surface area contributed by atoms with Gasteiger partial charge in [0.05, 0.1) is 16.7 Å². The van der Waals surface area contributed by atoms with Gasteiger partial charge in [-0.05, 0) is 49.3 Å². The molecule has 0 saturated carbocycles. The summed E-state index contributed by atoms with van der Waals surface area (Å²) in [5.74, 6) is 0. The molecule has 0 fully saturated rings. The summed E-state index contributed by atoms with van der Waals surface area (Å²) < 4.78 is 0. The molecule has 160 valence electrons. The van der Waals surface area contributed by atoms with E-state index < -0.39 is 0 Å². The molecule has 1 aliphatic carbocycles. The van der Waals surface area contributed by atoms with Gasteiger partial charge < -0.3 is 4.90 Å². The fourth-order valence-electron chi connectivity index (χ4n) is 5.59. The molecule has 3 aromatic rings. The Balaban J connectivity index is 1.69. The molecule has 0 unspecified atom stereocenters. The molecular formula is C30H30N2. The van der Waals surface area contributed by atoms with Gasteiger partial charge in [0.15, 0.2) is 0 Å². The first-order chi connectivity index (χ1) is 15.1. The summed E-state index contributed by atoms with van der Waals surface area (Å²) >= 11 is 0. The van der Waals surface area contributed by atoms with Crippen LogP contribution < -0.4 is 0 Å². The lowest BCUT2D eigenvalue weighted by Crippen LogP contribution is -2.55. The molecule has 2 heteroatoms. The van der Waals surface area contributed by atoms with Crippen LogP contribution in [0.15, 0.2) is 78.0 Å². The molecule has 3 heterocycles. The third-order valence-corrected chi connectivity index (χ3v) is 8.17. The average Bonchev–Trinajstić information content (AvgIpc) is 2.75. The molecule has 0 radical (unpaired) electrons. The summed E-state index contributed by atoms with van der Waals surface area (Å²) in [6.07, 6.45) is 11.8. The number of fused-ring (bicyclic) bond motifs is 7. The standard InChI is InChI=1S/C30H30N2/c1-28(2)15-13-22-24(18-28)29(3,4)30(5,6)32-16-14-20-21(27(22)32)11-12-26-23(20)17-19-9-7-8-10-25(19)31-26/h7-18H,1-6H3. The number of hydrogen-bond donors (Lipinski definition) is 0. The van der Waals surface area contributed by atoms with Crippen molar-refractivity contribution in [2.24, 2.45) is 10.8 Å². The molecule has 0 N–H and O–H groups in total. The van der Waals surface area contributed by atoms with Crippen LogP contribution in [0.2, 0.25) is 0 Å². The molecule has 6 rings (SSSR count). The first-order valence-electron chi connectivity index (χ1n) is 11.6. The van der Waals surface area contributed by atoms with E-state index in [2.05, 4.69) is 119 Å². The summed E-state index contributed by atoms with van der Waals surface area (Å²) in [5.41, 5.74) is 8.80. The van der Waals surface area contributed by atoms with E-state index in [1.807, 2.05) is 0 Å². The van der Waals surface area contributed by atoms with Crippen LogP contribution in [-0.2, 0) is 0 Å². The van der Waals surface area contributed by atoms with Crippen molar-refractivity contribution in [3.05, 3.63) is 89.2 Å². The second kappa shape index (κ2) is 6.01. The number of nitrogens with zero attached hydrogens (tertiary/aromatic N) is 2. The molecular weight excluding hydrogens is 388 g/mol. The number of pyridine rings is 1. The SMILES string of the molecule is CC1(C)C=CC2=C3c4ccc5nc6ccccc6cc5c4C=CN3C(C)(C)C(C)(C)C2=C1. The fourth-order valence-corrected chi connectivity index (χ4v) is 5.59. The summed E-state index contributed by atoms with van der Waals surface area (Å²) in [6.45, 7) is 14.1. The summed E-state index contributed by atoms with van der Waals surface area (Å²) in [7, 11) is 0. The van der Waals surface area contributed by atoms with Crippen LogP contribution >= 0.6 is 0 Å². The Hall–Kier alpha value is -3.13. The van der Waals surface area contributed by atoms with E-state index in [-0.39, 0.29) is 16.4 Å². The Morgan fingerprint density at radius 3 is 2.44 bits per heavy atom. The Morgan fingerprint density at radius 1 is 0.844 bits per heavy atom. The highest BCUT2D eigenvalue weighted by molar-refractivity contribution is 6.02. The number of aromatic nitrogens is 1. The first kappa shape index (κ1) is 19.5. The highest BCUT2D eigenvalue weighted by atomic mass is 15.2. The Kier molecular flexibility index (Phi) is 3.67. The molecule has 3 aliphatic rings. The Bertz CT molecular complexity index is 1440. The maximum Gasteiger partial charge on any atom is 0.0716 e. The van der Waals surface area contributed by atoms with Crippen LogP contribution in [0.4, 0.5) is 0 Å². The molecule has 2 aromatic carbocycles. The lowest BCUT2D eigenvalue weighted by atomic mass is 9.60. The van der Waals surface area contributed by atoms with Crippen molar-refractivity contribution in [3.63, 3.8) is 0 Å². The van der Waals surface area contributed by atoms with Crippen LogP contribution in [-0.4, -0.2) is 15.4 Å². The number of allylic oxidation sites excluding steroid dienone is 4. The molecule has 0 bridgehead atoms. The molecule has 2 aliphatic heterocycles. The van der Waals surface area contributed by atoms with Crippen molar-refractivity contribution in [2.75, 3.05) is 0 Å². The van der Waals surface area contributed by atoms with Gasteiger partial charge in [0.2, 0.25) is 0 Å². The van der Waals surface area contributed by atoms with Gasteiger partial charge in [-0.25, -0.2) is 4.98 Å². The van der Waals surface area contributed by atoms with Gasteiger partial charge in [-0.3, -0.25) is 0 Å². The molecule has 1 aromatic heterocycles. The topological polar surface area (TPSA) is 16.1 Å². The van der Waals surface area contributed by atoms with E-state index in [0.717, 1.165) is 11.0 Å². The van der Waals surface area contributed by atoms with Gasteiger partial charge in [0, 0.05) is 44.5 Å². The van der Waals surface area contributed by atoms with E-state index in [1.54, 1.807) is 0 Å². The smallest absolute Gasteiger partial charge is 0.0716 e. The minimum absolute atomic E-state index is 0.00428. The van der Waals surface area contributed by atoms with Gasteiger partial charge in [-0.15, -0.1) is 0 Å². The quantitative estimate of drug-likeness (QED) is 0.347. The molecule has 0 spiro atoms. The van der Waals surface area contributed by atoms with Crippen molar-refractivity contribution < 1.29 is 0 Å². The molecule has 0 atom stereocenters. The number of para-hydroxylation sites is 1. The van der Waals surface area contributed by atoms with Crippen LogP contribution in [0.5, 0.6) is 0 Å². The third kappa shape index (κ3) is 2.44. The lowest BCUT2D eigenvalue weighted by Gasteiger charge is -2.57. The van der Waals surface area contributed by atoms with E-state index in [1.165, 1.54) is 38.7 Å². The predicted molar refractivity (Wildman–Crippen MR) is 136 cm³/mol. The number of hydrogen-bond acceptors (Lipinski definition) is 2. The molecule has 0 saturated heterocycles. The lowest BCUT2D eigenvalue weighted by molar-refractivity contribution is 0.112. The molecule has 32 heavy (non-hydrogen) atoms. The van der Waals surface area contributed by atoms with Crippen LogP contribution in [0.1, 0.15) is 52.7 Å². The maximum atomic E-state index is 4.95. The maximum absolute atomic E-state index is 4.95. The van der Waals surface area contributed by atoms with Crippen LogP contribution in [0, 0.1) is 10.8 Å². The third-order valence-electron chi connectivity index (χ3n) is 8.17. The van der Waals surface area contributed by atoms with E-state index in [0.29, 0.717) is 0 Å². The zero-order valence-corrected chi connectivity index (χ0v) is 19.8. The van der Waals surface area contributed by atoms with Gasteiger partial charge in [0.1, 0.15) is 0 Å². The molecule has 2 nitrogen and oxygen atoms in total. The van der Waals surface area contributed by atoms with Crippen molar-refractivity contribution in [3.8, 4) is 0 Å². The van der Waals surface area contributed by atoms with Crippen molar-refractivity contribution in [1.82, 2.24) is 9.88 Å². The zero-order chi connectivity index (χ0) is 22.5. The van der Waals surface area contributed by atoms with Crippen molar-refractivity contribution in [2.45, 2.75) is 47.1 Å². The van der Waals surface area contributed by atoms with Gasteiger partial charge in [0.25, 0.3) is 0 Å². The second-order valence-electron chi connectivity index (χ2n) is 11.1. The second-order valence-corrected chi connectivity index (χ2v) is 11.1. The normalized spacial score (nSPS) is 21.9. The molecule has 0 amide bonds. The van der Waals surface area contributed by atoms with Gasteiger partial charge in [-0.2, -0.15) is 0 Å². The minimum atomic E-state index is -0.0658. The highest BCUT2D eigenvalue weighted by Crippen LogP contribution is 2.57. The van der Waals surface area contributed by atoms with Crippen LogP contribution in [0.25, 0.3) is 33.6 Å². The predicted octanol–water partition coefficient (Wildman–Crippen LogP) is 7.73. The summed E-state index contributed by atoms with van der Waals surface area (Å²) in [6, 6.07) is 15.2. The highest BCUT2D eigenvalue weighted by Gasteiger charge is 2.51. The zero-order valence-electron chi connectivity index (χ0n) is 19.8. The fraction of sp³-hybridized carbons (Fsp3) is 0.300. The minimum Gasteiger partial charge on any atom is -0.341 e. The average molecular weight is 419 g/mol. The monoisotopic (exact) mass is 418 g/mol. The number of rotatable bonds is 0.